The van der Waals surface area contributed by atoms with Crippen molar-refractivity contribution in [2.24, 2.45) is 5.92 Å². The van der Waals surface area contributed by atoms with Crippen molar-refractivity contribution in [1.82, 2.24) is 4.90 Å². The summed E-state index contributed by atoms with van der Waals surface area (Å²) in [6.45, 7) is 3.58. The molecule has 4 atom stereocenters. The van der Waals surface area contributed by atoms with Crippen LogP contribution in [0.2, 0.25) is 0 Å². The van der Waals surface area contributed by atoms with E-state index >= 15 is 0 Å². The van der Waals surface area contributed by atoms with Crippen molar-refractivity contribution in [3.63, 3.8) is 0 Å². The zero-order valence-electron chi connectivity index (χ0n) is 11.6. The van der Waals surface area contributed by atoms with Crippen LogP contribution in [-0.2, 0) is 4.79 Å². The van der Waals surface area contributed by atoms with E-state index in [4.69, 9.17) is 5.11 Å². The highest BCUT2D eigenvalue weighted by Gasteiger charge is 2.47. The quantitative estimate of drug-likeness (QED) is 0.507. The van der Waals surface area contributed by atoms with Crippen LogP contribution in [0.4, 0.5) is 0 Å². The predicted octanol–water partition coefficient (Wildman–Crippen LogP) is -0.336. The normalized spacial score (nSPS) is 32.1. The molecule has 112 valence electrons. The van der Waals surface area contributed by atoms with Gasteiger partial charge in [-0.3, -0.25) is 9.69 Å². The van der Waals surface area contributed by atoms with Gasteiger partial charge in [0, 0.05) is 6.04 Å². The number of hydrogen-bond donors (Lipinski definition) is 4. The Morgan fingerprint density at radius 1 is 1.21 bits per heavy atom. The Kier molecular flexibility index (Phi) is 6.19. The average Bonchev–Trinajstić information content (AvgIpc) is 2.52. The molecular formula is C13H25NO5. The van der Waals surface area contributed by atoms with E-state index < -0.39 is 30.3 Å². The lowest BCUT2D eigenvalue weighted by atomic mass is 9.99. The molecule has 0 radical (unpaired) electrons. The lowest BCUT2D eigenvalue weighted by molar-refractivity contribution is -0.139. The SMILES string of the molecule is CC(C)CCCC1C(O)C(O)C(CO)N1CC(=O)O. The number of carbonyl (C=O) groups is 1. The maximum absolute atomic E-state index is 10.9. The standard InChI is InChI=1S/C13H25NO5/c1-8(2)4-3-5-9-12(18)13(19)10(7-15)14(9)6-11(16)17/h8-10,12-13,15,18-19H,3-7H2,1-2H3,(H,16,17). The molecule has 0 amide bonds. The lowest BCUT2D eigenvalue weighted by Crippen LogP contribution is -2.44. The Hall–Kier alpha value is -0.690. The number of nitrogens with zero attached hydrogens (tertiary/aromatic N) is 1. The summed E-state index contributed by atoms with van der Waals surface area (Å²) in [7, 11) is 0. The van der Waals surface area contributed by atoms with Crippen molar-refractivity contribution in [2.75, 3.05) is 13.2 Å². The molecular weight excluding hydrogens is 250 g/mol. The van der Waals surface area contributed by atoms with Gasteiger partial charge in [-0.1, -0.05) is 26.7 Å². The largest absolute Gasteiger partial charge is 0.480 e. The number of hydrogen-bond acceptors (Lipinski definition) is 5. The van der Waals surface area contributed by atoms with Gasteiger partial charge in [0.15, 0.2) is 0 Å². The van der Waals surface area contributed by atoms with Crippen molar-refractivity contribution < 1.29 is 25.2 Å². The highest BCUT2D eigenvalue weighted by atomic mass is 16.4. The number of rotatable bonds is 7. The molecule has 0 aromatic carbocycles. The van der Waals surface area contributed by atoms with E-state index in [1.807, 2.05) is 0 Å². The summed E-state index contributed by atoms with van der Waals surface area (Å²) >= 11 is 0. The number of carboxylic acids is 1. The molecule has 0 aromatic rings. The van der Waals surface area contributed by atoms with E-state index in [2.05, 4.69) is 13.8 Å². The number of aliphatic carboxylic acids is 1. The molecule has 0 aromatic heterocycles. The monoisotopic (exact) mass is 275 g/mol. The fraction of sp³-hybridized carbons (Fsp3) is 0.923. The van der Waals surface area contributed by atoms with Gasteiger partial charge < -0.3 is 20.4 Å². The van der Waals surface area contributed by atoms with Gasteiger partial charge in [0.05, 0.1) is 31.4 Å². The molecule has 4 unspecified atom stereocenters. The zero-order valence-corrected chi connectivity index (χ0v) is 11.6. The van der Waals surface area contributed by atoms with Crippen LogP contribution in [-0.4, -0.2) is 68.7 Å². The van der Waals surface area contributed by atoms with Crippen LogP contribution in [0.15, 0.2) is 0 Å². The third-order valence-corrected chi connectivity index (χ3v) is 3.78. The van der Waals surface area contributed by atoms with Gasteiger partial charge in [0.1, 0.15) is 0 Å². The van der Waals surface area contributed by atoms with Crippen molar-refractivity contribution in [1.29, 1.82) is 0 Å². The van der Waals surface area contributed by atoms with Crippen molar-refractivity contribution >= 4 is 5.97 Å². The third kappa shape index (κ3) is 4.14. The molecule has 1 rings (SSSR count). The Morgan fingerprint density at radius 2 is 1.79 bits per heavy atom. The molecule has 1 heterocycles. The van der Waals surface area contributed by atoms with Crippen molar-refractivity contribution in [3.8, 4) is 0 Å². The van der Waals surface area contributed by atoms with Crippen LogP contribution in [0, 0.1) is 5.92 Å². The Bertz CT molecular complexity index is 297. The maximum Gasteiger partial charge on any atom is 0.317 e. The Balaban J connectivity index is 2.69. The number of aliphatic hydroxyl groups is 3. The molecule has 1 fully saturated rings. The first-order valence-electron chi connectivity index (χ1n) is 6.83. The fourth-order valence-electron chi connectivity index (χ4n) is 2.77. The van der Waals surface area contributed by atoms with Gasteiger partial charge in [0.2, 0.25) is 0 Å². The number of aliphatic hydroxyl groups excluding tert-OH is 3. The first kappa shape index (κ1) is 16.4. The van der Waals surface area contributed by atoms with Gasteiger partial charge in [0.25, 0.3) is 0 Å². The highest BCUT2D eigenvalue weighted by molar-refractivity contribution is 5.69. The molecule has 6 heteroatoms. The van der Waals surface area contributed by atoms with Crippen LogP contribution in [0.25, 0.3) is 0 Å². The predicted molar refractivity (Wildman–Crippen MR) is 69.7 cm³/mol. The molecule has 6 nitrogen and oxygen atoms in total. The average molecular weight is 275 g/mol. The molecule has 0 bridgehead atoms. The first-order chi connectivity index (χ1) is 8.88. The first-order valence-corrected chi connectivity index (χ1v) is 6.83. The lowest BCUT2D eigenvalue weighted by Gasteiger charge is -2.28. The molecule has 4 N–H and O–H groups in total. The minimum atomic E-state index is -1.09. The van der Waals surface area contributed by atoms with E-state index in [0.29, 0.717) is 12.3 Å². The smallest absolute Gasteiger partial charge is 0.317 e. The Morgan fingerprint density at radius 3 is 2.26 bits per heavy atom. The summed E-state index contributed by atoms with van der Waals surface area (Å²) < 4.78 is 0. The Labute approximate surface area is 113 Å². The summed E-state index contributed by atoms with van der Waals surface area (Å²) in [5.41, 5.74) is 0. The van der Waals surface area contributed by atoms with Crippen LogP contribution < -0.4 is 0 Å². The van der Waals surface area contributed by atoms with E-state index in [0.717, 1.165) is 12.8 Å². The van der Waals surface area contributed by atoms with Crippen LogP contribution >= 0.6 is 0 Å². The van der Waals surface area contributed by atoms with Crippen LogP contribution in [0.5, 0.6) is 0 Å². The second-order valence-electron chi connectivity index (χ2n) is 5.69. The minimum absolute atomic E-state index is 0.272. The van der Waals surface area contributed by atoms with Crippen molar-refractivity contribution in [2.45, 2.75) is 57.4 Å². The summed E-state index contributed by atoms with van der Waals surface area (Å²) in [5, 5.41) is 38.1. The van der Waals surface area contributed by atoms with Gasteiger partial charge in [-0.15, -0.1) is 0 Å². The van der Waals surface area contributed by atoms with Crippen molar-refractivity contribution in [3.05, 3.63) is 0 Å². The van der Waals surface area contributed by atoms with E-state index in [1.54, 1.807) is 0 Å². The van der Waals surface area contributed by atoms with E-state index in [9.17, 15) is 20.1 Å². The van der Waals surface area contributed by atoms with Gasteiger partial charge in [-0.05, 0) is 12.3 Å². The van der Waals surface area contributed by atoms with Gasteiger partial charge in [-0.25, -0.2) is 0 Å². The summed E-state index contributed by atoms with van der Waals surface area (Å²) in [5.74, 6) is -0.473. The third-order valence-electron chi connectivity index (χ3n) is 3.78. The molecule has 1 aliphatic heterocycles. The van der Waals surface area contributed by atoms with E-state index in [1.165, 1.54) is 4.90 Å². The summed E-state index contributed by atoms with van der Waals surface area (Å²) in [6.07, 6.45) is 0.391. The molecule has 1 saturated heterocycles. The van der Waals surface area contributed by atoms with Gasteiger partial charge >= 0.3 is 5.97 Å². The second kappa shape index (κ2) is 7.19. The summed E-state index contributed by atoms with van der Waals surface area (Å²) in [4.78, 5) is 12.4. The number of likely N-dealkylation sites (tertiary alicyclic amines) is 1. The van der Waals surface area contributed by atoms with Crippen LogP contribution in [0.1, 0.15) is 33.1 Å². The van der Waals surface area contributed by atoms with Gasteiger partial charge in [-0.2, -0.15) is 0 Å². The molecule has 0 spiro atoms. The molecule has 1 aliphatic rings. The minimum Gasteiger partial charge on any atom is -0.480 e. The topological polar surface area (TPSA) is 101 Å². The summed E-state index contributed by atoms with van der Waals surface area (Å²) in [6, 6.07) is -1.10. The van der Waals surface area contributed by atoms with E-state index in [-0.39, 0.29) is 13.2 Å². The number of carboxylic acid groups (broad SMARTS) is 1. The fourth-order valence-corrected chi connectivity index (χ4v) is 2.77. The molecule has 0 aliphatic carbocycles. The zero-order chi connectivity index (χ0) is 14.6. The molecule has 0 saturated carbocycles. The highest BCUT2D eigenvalue weighted by Crippen LogP contribution is 2.28. The second-order valence-corrected chi connectivity index (χ2v) is 5.69. The maximum atomic E-state index is 10.9. The molecule has 19 heavy (non-hydrogen) atoms. The van der Waals surface area contributed by atoms with Crippen LogP contribution in [0.3, 0.4) is 0 Å².